The van der Waals surface area contributed by atoms with Crippen LogP contribution in [0.3, 0.4) is 0 Å². The lowest BCUT2D eigenvalue weighted by Crippen LogP contribution is -2.30. The highest BCUT2D eigenvalue weighted by atomic mass is 32.2. The molecule has 1 aromatic heterocycles. The van der Waals surface area contributed by atoms with Crippen molar-refractivity contribution in [3.8, 4) is 11.5 Å². The standard InChI is InChI=1S/C19H17N3O6S/c1-13(23)14-7-9-16(10-8-14)29(25,26)20-11-18(24)27-12-17-21-22-19(28-17)15-5-3-2-4-6-15/h2-10,20H,11-12H2,1H3. The summed E-state index contributed by atoms with van der Waals surface area (Å²) in [6, 6.07) is 14.4. The van der Waals surface area contributed by atoms with Gasteiger partial charge in [0.2, 0.25) is 15.9 Å². The number of nitrogens with zero attached hydrogens (tertiary/aromatic N) is 2. The summed E-state index contributed by atoms with van der Waals surface area (Å²) in [5.41, 5.74) is 1.11. The number of benzene rings is 2. The van der Waals surface area contributed by atoms with Gasteiger partial charge in [0.25, 0.3) is 5.89 Å². The van der Waals surface area contributed by atoms with Crippen LogP contribution in [-0.2, 0) is 26.2 Å². The van der Waals surface area contributed by atoms with Crippen LogP contribution in [0, 0.1) is 0 Å². The number of aromatic nitrogens is 2. The van der Waals surface area contributed by atoms with Crippen molar-refractivity contribution >= 4 is 21.8 Å². The largest absolute Gasteiger partial charge is 0.455 e. The Bertz CT molecular complexity index is 1110. The Morgan fingerprint density at radius 2 is 1.72 bits per heavy atom. The number of ketones is 1. The number of hydrogen-bond donors (Lipinski definition) is 1. The van der Waals surface area contributed by atoms with Crippen LogP contribution in [0.4, 0.5) is 0 Å². The maximum atomic E-state index is 12.2. The first-order chi connectivity index (χ1) is 13.8. The van der Waals surface area contributed by atoms with Crippen LogP contribution in [0.1, 0.15) is 23.2 Å². The Kier molecular flexibility index (Phi) is 6.15. The minimum atomic E-state index is -3.93. The third-order valence-corrected chi connectivity index (χ3v) is 5.24. The van der Waals surface area contributed by atoms with Crippen molar-refractivity contribution in [3.63, 3.8) is 0 Å². The lowest BCUT2D eigenvalue weighted by molar-refractivity contribution is -0.144. The van der Waals surface area contributed by atoms with E-state index in [2.05, 4.69) is 14.9 Å². The fourth-order valence-electron chi connectivity index (χ4n) is 2.31. The minimum absolute atomic E-state index is 0.0697. The molecule has 0 amide bonds. The summed E-state index contributed by atoms with van der Waals surface area (Å²) in [7, 11) is -3.93. The molecule has 1 N–H and O–H groups in total. The van der Waals surface area contributed by atoms with Gasteiger partial charge in [0, 0.05) is 11.1 Å². The summed E-state index contributed by atoms with van der Waals surface area (Å²) in [5, 5.41) is 7.65. The summed E-state index contributed by atoms with van der Waals surface area (Å²) < 4.78 is 36.9. The van der Waals surface area contributed by atoms with Crippen molar-refractivity contribution in [1.29, 1.82) is 0 Å². The SMILES string of the molecule is CC(=O)c1ccc(S(=O)(=O)NCC(=O)OCc2nnc(-c3ccccc3)o2)cc1. The molecule has 0 atom stereocenters. The lowest BCUT2D eigenvalue weighted by Gasteiger charge is -2.07. The molecular formula is C19H17N3O6S. The number of sulfonamides is 1. The molecule has 0 spiro atoms. The second-order valence-corrected chi connectivity index (χ2v) is 7.70. The zero-order valence-electron chi connectivity index (χ0n) is 15.4. The average molecular weight is 415 g/mol. The van der Waals surface area contributed by atoms with Crippen molar-refractivity contribution in [2.45, 2.75) is 18.4 Å². The molecule has 3 rings (SSSR count). The van der Waals surface area contributed by atoms with E-state index in [4.69, 9.17) is 9.15 Å². The van der Waals surface area contributed by atoms with Gasteiger partial charge in [0.1, 0.15) is 6.54 Å². The molecule has 29 heavy (non-hydrogen) atoms. The molecule has 150 valence electrons. The molecule has 0 aliphatic heterocycles. The number of hydrogen-bond acceptors (Lipinski definition) is 8. The zero-order valence-corrected chi connectivity index (χ0v) is 16.2. The van der Waals surface area contributed by atoms with E-state index in [1.54, 1.807) is 12.1 Å². The van der Waals surface area contributed by atoms with Crippen LogP contribution in [0.2, 0.25) is 0 Å². The molecule has 0 fully saturated rings. The van der Waals surface area contributed by atoms with Gasteiger partial charge in [0.15, 0.2) is 12.4 Å². The Hall–Kier alpha value is -3.37. The molecule has 0 saturated heterocycles. The van der Waals surface area contributed by atoms with Gasteiger partial charge in [-0.25, -0.2) is 8.42 Å². The summed E-state index contributed by atoms with van der Waals surface area (Å²) in [6.07, 6.45) is 0. The van der Waals surface area contributed by atoms with Crippen molar-refractivity contribution in [2.24, 2.45) is 0 Å². The molecular weight excluding hydrogens is 398 g/mol. The number of carbonyl (C=O) groups excluding carboxylic acids is 2. The summed E-state index contributed by atoms with van der Waals surface area (Å²) >= 11 is 0. The quantitative estimate of drug-likeness (QED) is 0.437. The third kappa shape index (κ3) is 5.33. The average Bonchev–Trinajstić information content (AvgIpc) is 3.20. The van der Waals surface area contributed by atoms with Crippen LogP contribution in [0.15, 0.2) is 63.9 Å². The highest BCUT2D eigenvalue weighted by molar-refractivity contribution is 7.89. The maximum absolute atomic E-state index is 12.2. The van der Waals surface area contributed by atoms with Gasteiger partial charge in [0.05, 0.1) is 4.90 Å². The van der Waals surface area contributed by atoms with Gasteiger partial charge in [-0.2, -0.15) is 4.72 Å². The molecule has 0 aliphatic rings. The van der Waals surface area contributed by atoms with E-state index in [9.17, 15) is 18.0 Å². The smallest absolute Gasteiger partial charge is 0.321 e. The number of carbonyl (C=O) groups is 2. The van der Waals surface area contributed by atoms with Crippen LogP contribution < -0.4 is 4.72 Å². The van der Waals surface area contributed by atoms with E-state index < -0.39 is 22.5 Å². The predicted molar refractivity (Wildman–Crippen MR) is 101 cm³/mol. The maximum Gasteiger partial charge on any atom is 0.321 e. The Balaban J connectivity index is 1.52. The first-order valence-electron chi connectivity index (χ1n) is 8.49. The third-order valence-electron chi connectivity index (χ3n) is 3.82. The number of nitrogens with one attached hydrogen (secondary N) is 1. The minimum Gasteiger partial charge on any atom is -0.455 e. The number of Topliss-reactive ketones (excluding diaryl/α,β-unsaturated/α-hetero) is 1. The topological polar surface area (TPSA) is 128 Å². The molecule has 0 radical (unpaired) electrons. The van der Waals surface area contributed by atoms with Gasteiger partial charge in [-0.15, -0.1) is 10.2 Å². The molecule has 0 bridgehead atoms. The van der Waals surface area contributed by atoms with Crippen LogP contribution >= 0.6 is 0 Å². The Morgan fingerprint density at radius 3 is 2.38 bits per heavy atom. The van der Waals surface area contributed by atoms with E-state index in [-0.39, 0.29) is 29.1 Å². The zero-order chi connectivity index (χ0) is 20.9. The van der Waals surface area contributed by atoms with Crippen LogP contribution in [-0.4, -0.2) is 36.9 Å². The van der Waals surface area contributed by atoms with E-state index in [1.807, 2.05) is 18.2 Å². The molecule has 2 aromatic carbocycles. The van der Waals surface area contributed by atoms with E-state index in [0.717, 1.165) is 5.56 Å². The fourth-order valence-corrected chi connectivity index (χ4v) is 3.28. The number of ether oxygens (including phenoxy) is 1. The molecule has 0 saturated carbocycles. The molecule has 1 heterocycles. The van der Waals surface area contributed by atoms with Gasteiger partial charge in [-0.3, -0.25) is 9.59 Å². The molecule has 9 nitrogen and oxygen atoms in total. The normalized spacial score (nSPS) is 11.2. The molecule has 10 heteroatoms. The molecule has 3 aromatic rings. The highest BCUT2D eigenvalue weighted by Gasteiger charge is 2.17. The molecule has 0 unspecified atom stereocenters. The van der Waals surface area contributed by atoms with Gasteiger partial charge < -0.3 is 9.15 Å². The van der Waals surface area contributed by atoms with Gasteiger partial charge >= 0.3 is 5.97 Å². The molecule has 0 aliphatic carbocycles. The second kappa shape index (κ2) is 8.76. The predicted octanol–water partition coefficient (Wildman–Crippen LogP) is 1.96. The summed E-state index contributed by atoms with van der Waals surface area (Å²) in [4.78, 5) is 23.0. The highest BCUT2D eigenvalue weighted by Crippen LogP contribution is 2.17. The van der Waals surface area contributed by atoms with Crippen LogP contribution in [0.5, 0.6) is 0 Å². The monoisotopic (exact) mass is 415 g/mol. The summed E-state index contributed by atoms with van der Waals surface area (Å²) in [5.74, 6) is -0.624. The van der Waals surface area contributed by atoms with E-state index in [1.165, 1.54) is 31.2 Å². The van der Waals surface area contributed by atoms with Crippen LogP contribution in [0.25, 0.3) is 11.5 Å². The summed E-state index contributed by atoms with van der Waals surface area (Å²) in [6.45, 7) is 0.522. The first kappa shape index (κ1) is 20.4. The fraction of sp³-hybridized carbons (Fsp3) is 0.158. The van der Waals surface area contributed by atoms with E-state index in [0.29, 0.717) is 5.56 Å². The second-order valence-electron chi connectivity index (χ2n) is 5.93. The van der Waals surface area contributed by atoms with E-state index >= 15 is 0 Å². The van der Waals surface area contributed by atoms with Gasteiger partial charge in [-0.1, -0.05) is 30.3 Å². The lowest BCUT2D eigenvalue weighted by atomic mass is 10.2. The van der Waals surface area contributed by atoms with Crippen molar-refractivity contribution in [1.82, 2.24) is 14.9 Å². The van der Waals surface area contributed by atoms with Crippen molar-refractivity contribution < 1.29 is 27.2 Å². The van der Waals surface area contributed by atoms with Crippen molar-refractivity contribution in [2.75, 3.05) is 6.54 Å². The number of rotatable bonds is 8. The first-order valence-corrected chi connectivity index (χ1v) is 9.97. The Morgan fingerprint density at radius 1 is 1.03 bits per heavy atom. The Labute approximate surface area is 166 Å². The van der Waals surface area contributed by atoms with Gasteiger partial charge in [-0.05, 0) is 31.2 Å². The number of esters is 1. The van der Waals surface area contributed by atoms with Crippen molar-refractivity contribution in [3.05, 3.63) is 66.1 Å².